The Kier molecular flexibility index (Phi) is 3.82. The van der Waals surface area contributed by atoms with Gasteiger partial charge in [-0.25, -0.2) is 4.39 Å². The smallest absolute Gasteiger partial charge is 0.178 e. The first-order valence-corrected chi connectivity index (χ1v) is 7.61. The van der Waals surface area contributed by atoms with Gasteiger partial charge in [0.2, 0.25) is 0 Å². The third-order valence-corrected chi connectivity index (χ3v) is 4.21. The highest BCUT2D eigenvalue weighted by Gasteiger charge is 2.19. The van der Waals surface area contributed by atoms with Gasteiger partial charge in [0.1, 0.15) is 5.82 Å². The van der Waals surface area contributed by atoms with E-state index in [0.717, 1.165) is 10.0 Å². The molecular formula is C15H9Br2FN2O. The Balaban J connectivity index is 2.19. The zero-order valence-electron chi connectivity index (χ0n) is 10.6. The van der Waals surface area contributed by atoms with E-state index in [0.29, 0.717) is 27.2 Å². The van der Waals surface area contributed by atoms with Gasteiger partial charge in [0.15, 0.2) is 11.6 Å². The predicted molar refractivity (Wildman–Crippen MR) is 87.1 cm³/mol. The first kappa shape index (κ1) is 14.3. The van der Waals surface area contributed by atoms with Crippen molar-refractivity contribution in [3.05, 3.63) is 57.2 Å². The highest BCUT2D eigenvalue weighted by molar-refractivity contribution is 9.10. The van der Waals surface area contributed by atoms with Gasteiger partial charge in [-0.05, 0) is 51.8 Å². The summed E-state index contributed by atoms with van der Waals surface area (Å²) >= 11 is 6.73. The molecule has 1 aromatic heterocycles. The van der Waals surface area contributed by atoms with E-state index in [1.807, 2.05) is 24.3 Å². The fraction of sp³-hybridized carbons (Fsp3) is 0. The summed E-state index contributed by atoms with van der Waals surface area (Å²) in [6.45, 7) is 0. The lowest BCUT2D eigenvalue weighted by atomic mass is 10.0. The molecule has 3 aromatic rings. The summed E-state index contributed by atoms with van der Waals surface area (Å²) in [6.07, 6.45) is 0. The summed E-state index contributed by atoms with van der Waals surface area (Å²) in [5.41, 5.74) is 8.18. The van der Waals surface area contributed by atoms with Crippen LogP contribution in [0, 0.1) is 5.82 Å². The van der Waals surface area contributed by atoms with Crippen molar-refractivity contribution in [1.82, 2.24) is 5.16 Å². The van der Waals surface area contributed by atoms with Crippen molar-refractivity contribution in [2.45, 2.75) is 0 Å². The first-order chi connectivity index (χ1) is 10.1. The molecule has 0 aliphatic heterocycles. The second-order valence-corrected chi connectivity index (χ2v) is 6.17. The number of anilines is 1. The van der Waals surface area contributed by atoms with Crippen LogP contribution in [0.4, 0.5) is 10.2 Å². The summed E-state index contributed by atoms with van der Waals surface area (Å²) in [6, 6.07) is 12.0. The number of benzene rings is 2. The van der Waals surface area contributed by atoms with Crippen LogP contribution in [0.2, 0.25) is 0 Å². The van der Waals surface area contributed by atoms with Gasteiger partial charge in [-0.3, -0.25) is 0 Å². The number of rotatable bonds is 2. The molecule has 1 heterocycles. The Morgan fingerprint density at radius 1 is 1.05 bits per heavy atom. The molecule has 0 saturated heterocycles. The molecular weight excluding hydrogens is 403 g/mol. The van der Waals surface area contributed by atoms with Gasteiger partial charge < -0.3 is 10.3 Å². The number of nitrogens with two attached hydrogens (primary N) is 1. The van der Waals surface area contributed by atoms with Crippen LogP contribution >= 0.6 is 31.9 Å². The molecule has 0 bridgehead atoms. The first-order valence-electron chi connectivity index (χ1n) is 6.03. The quantitative estimate of drug-likeness (QED) is 0.626. The number of aromatic nitrogens is 1. The average Bonchev–Trinajstić information content (AvgIpc) is 2.82. The van der Waals surface area contributed by atoms with Crippen molar-refractivity contribution in [2.75, 3.05) is 5.73 Å². The molecule has 0 saturated carbocycles. The number of hydrogen-bond donors (Lipinski definition) is 1. The fourth-order valence-electron chi connectivity index (χ4n) is 2.06. The summed E-state index contributed by atoms with van der Waals surface area (Å²) in [5, 5.41) is 3.83. The molecule has 3 nitrogen and oxygen atoms in total. The van der Waals surface area contributed by atoms with Crippen LogP contribution in [-0.4, -0.2) is 5.16 Å². The lowest BCUT2D eigenvalue weighted by Crippen LogP contribution is -1.89. The molecule has 0 aliphatic carbocycles. The molecule has 2 N–H and O–H groups in total. The fourth-order valence-corrected chi connectivity index (χ4v) is 2.85. The van der Waals surface area contributed by atoms with Gasteiger partial charge in [0.05, 0.1) is 5.56 Å². The maximum Gasteiger partial charge on any atom is 0.178 e. The van der Waals surface area contributed by atoms with E-state index in [4.69, 9.17) is 10.3 Å². The molecule has 0 radical (unpaired) electrons. The number of nitrogen functional groups attached to an aromatic ring is 1. The summed E-state index contributed by atoms with van der Waals surface area (Å²) < 4.78 is 20.1. The molecule has 6 heteroatoms. The van der Waals surface area contributed by atoms with E-state index in [1.54, 1.807) is 6.07 Å². The van der Waals surface area contributed by atoms with E-state index in [9.17, 15) is 4.39 Å². The number of halogens is 3. The minimum Gasteiger partial charge on any atom is -0.380 e. The Hall–Kier alpha value is -1.66. The van der Waals surface area contributed by atoms with Crippen molar-refractivity contribution in [3.63, 3.8) is 0 Å². The molecule has 2 aromatic carbocycles. The molecule has 0 unspecified atom stereocenters. The SMILES string of the molecule is Nc1noc(-c2ccc(F)cc2Br)c1-c1ccc(Br)cc1. The van der Waals surface area contributed by atoms with Crippen LogP contribution in [0.3, 0.4) is 0 Å². The molecule has 106 valence electrons. The highest BCUT2D eigenvalue weighted by Crippen LogP contribution is 2.39. The molecule has 0 amide bonds. The van der Waals surface area contributed by atoms with Crippen LogP contribution in [0.25, 0.3) is 22.5 Å². The summed E-state index contributed by atoms with van der Waals surface area (Å²) in [7, 11) is 0. The van der Waals surface area contributed by atoms with E-state index in [2.05, 4.69) is 37.0 Å². The summed E-state index contributed by atoms with van der Waals surface area (Å²) in [5.74, 6) is 0.466. The minimum absolute atomic E-state index is 0.295. The van der Waals surface area contributed by atoms with Crippen molar-refractivity contribution in [3.8, 4) is 22.5 Å². The zero-order chi connectivity index (χ0) is 15.0. The predicted octanol–water partition coefficient (Wildman–Crippen LogP) is 5.25. The van der Waals surface area contributed by atoms with E-state index in [-0.39, 0.29) is 5.82 Å². The Morgan fingerprint density at radius 2 is 1.76 bits per heavy atom. The molecule has 0 fully saturated rings. The molecule has 3 rings (SSSR count). The minimum atomic E-state index is -0.330. The Bertz CT molecular complexity index is 800. The van der Waals surface area contributed by atoms with Gasteiger partial charge in [0.25, 0.3) is 0 Å². The van der Waals surface area contributed by atoms with Crippen LogP contribution in [0.15, 0.2) is 55.9 Å². The van der Waals surface area contributed by atoms with Crippen LogP contribution < -0.4 is 5.73 Å². The number of hydrogen-bond acceptors (Lipinski definition) is 3. The molecule has 0 aliphatic rings. The lowest BCUT2D eigenvalue weighted by molar-refractivity contribution is 0.436. The molecule has 21 heavy (non-hydrogen) atoms. The second-order valence-electron chi connectivity index (χ2n) is 4.40. The van der Waals surface area contributed by atoms with Gasteiger partial charge >= 0.3 is 0 Å². The van der Waals surface area contributed by atoms with E-state index in [1.165, 1.54) is 12.1 Å². The van der Waals surface area contributed by atoms with Crippen molar-refractivity contribution >= 4 is 37.7 Å². The normalized spacial score (nSPS) is 10.8. The van der Waals surface area contributed by atoms with Gasteiger partial charge in [-0.15, -0.1) is 0 Å². The summed E-state index contributed by atoms with van der Waals surface area (Å²) in [4.78, 5) is 0. The average molecular weight is 412 g/mol. The molecule has 0 spiro atoms. The lowest BCUT2D eigenvalue weighted by Gasteiger charge is -2.05. The second kappa shape index (κ2) is 5.61. The van der Waals surface area contributed by atoms with Gasteiger partial charge in [-0.2, -0.15) is 0 Å². The highest BCUT2D eigenvalue weighted by atomic mass is 79.9. The van der Waals surface area contributed by atoms with Gasteiger partial charge in [0, 0.05) is 14.5 Å². The van der Waals surface area contributed by atoms with Crippen molar-refractivity contribution in [1.29, 1.82) is 0 Å². The van der Waals surface area contributed by atoms with E-state index < -0.39 is 0 Å². The Labute approximate surface area is 137 Å². The Morgan fingerprint density at radius 3 is 2.43 bits per heavy atom. The maximum absolute atomic E-state index is 13.2. The third-order valence-electron chi connectivity index (χ3n) is 3.03. The van der Waals surface area contributed by atoms with Crippen LogP contribution in [-0.2, 0) is 0 Å². The van der Waals surface area contributed by atoms with Crippen LogP contribution in [0.1, 0.15) is 0 Å². The van der Waals surface area contributed by atoms with Crippen LogP contribution in [0.5, 0.6) is 0 Å². The number of nitrogens with zero attached hydrogens (tertiary/aromatic N) is 1. The molecule has 0 atom stereocenters. The largest absolute Gasteiger partial charge is 0.380 e. The van der Waals surface area contributed by atoms with E-state index >= 15 is 0 Å². The van der Waals surface area contributed by atoms with Crippen molar-refractivity contribution < 1.29 is 8.91 Å². The van der Waals surface area contributed by atoms with Crippen molar-refractivity contribution in [2.24, 2.45) is 0 Å². The standard InChI is InChI=1S/C15H9Br2FN2O/c16-9-3-1-8(2-4-9)13-14(21-20-15(13)19)11-6-5-10(18)7-12(11)17/h1-7H,(H2,19,20). The zero-order valence-corrected chi connectivity index (χ0v) is 13.8. The van der Waals surface area contributed by atoms with Gasteiger partial charge in [-0.1, -0.05) is 33.2 Å². The third kappa shape index (κ3) is 2.73. The topological polar surface area (TPSA) is 52.0 Å². The maximum atomic E-state index is 13.2. The monoisotopic (exact) mass is 410 g/mol.